The highest BCUT2D eigenvalue weighted by molar-refractivity contribution is 5.96. The molecular formula is C32H44FN5O2. The number of guanidine groups is 1. The molecule has 5 atom stereocenters. The van der Waals surface area contributed by atoms with Gasteiger partial charge < -0.3 is 25.6 Å². The number of nitrogens with one attached hydrogen (secondary N) is 3. The zero-order valence-corrected chi connectivity index (χ0v) is 24.5. The summed E-state index contributed by atoms with van der Waals surface area (Å²) in [6, 6.07) is 13.0. The summed E-state index contributed by atoms with van der Waals surface area (Å²) in [6.45, 7) is 12.5. The molecule has 3 N–H and O–H groups in total. The van der Waals surface area contributed by atoms with Gasteiger partial charge in [0.1, 0.15) is 11.6 Å². The Kier molecular flexibility index (Phi) is 8.36. The molecule has 7 nitrogen and oxygen atoms in total. The van der Waals surface area contributed by atoms with Crippen LogP contribution in [0.4, 0.5) is 10.1 Å². The zero-order chi connectivity index (χ0) is 28.4. The highest BCUT2D eigenvalue weighted by atomic mass is 19.1. The summed E-state index contributed by atoms with van der Waals surface area (Å²) in [4.78, 5) is 20.4. The highest BCUT2D eigenvalue weighted by Crippen LogP contribution is 2.61. The molecule has 3 aliphatic carbocycles. The minimum absolute atomic E-state index is 0.178. The lowest BCUT2D eigenvalue weighted by molar-refractivity contribution is -0.108. The first-order valence-corrected chi connectivity index (χ1v) is 14.7. The molecule has 0 aromatic heterocycles. The van der Waals surface area contributed by atoms with Gasteiger partial charge in [0.25, 0.3) is 5.91 Å². The lowest BCUT2D eigenvalue weighted by atomic mass is 9.45. The van der Waals surface area contributed by atoms with Crippen LogP contribution in [0, 0.1) is 29.0 Å². The number of carbonyl (C=O) groups excluding carboxylic acids is 1. The van der Waals surface area contributed by atoms with Gasteiger partial charge in [-0.25, -0.2) is 9.38 Å². The summed E-state index contributed by atoms with van der Waals surface area (Å²) in [7, 11) is 1.51. The third-order valence-corrected chi connectivity index (χ3v) is 9.61. The molecule has 40 heavy (non-hydrogen) atoms. The molecule has 2 aromatic carbocycles. The number of anilines is 1. The van der Waals surface area contributed by atoms with Crippen LogP contribution in [0.3, 0.4) is 0 Å². The number of methoxy groups -OCH3 is 1. The van der Waals surface area contributed by atoms with E-state index < -0.39 is 0 Å². The smallest absolute Gasteiger partial charge is 0.251 e. The van der Waals surface area contributed by atoms with Crippen molar-refractivity contribution in [2.24, 2.45) is 28.2 Å². The number of amides is 1. The van der Waals surface area contributed by atoms with Crippen molar-refractivity contribution < 1.29 is 13.9 Å². The largest absolute Gasteiger partial charge is 0.497 e. The van der Waals surface area contributed by atoms with Gasteiger partial charge in [0.2, 0.25) is 0 Å². The van der Waals surface area contributed by atoms with E-state index in [-0.39, 0.29) is 11.7 Å². The maximum atomic E-state index is 14.2. The number of rotatable bonds is 7. The molecule has 4 fully saturated rings. The second-order valence-corrected chi connectivity index (χ2v) is 12.4. The number of piperazine rings is 1. The van der Waals surface area contributed by atoms with Crippen molar-refractivity contribution in [3.8, 4) is 5.75 Å². The van der Waals surface area contributed by atoms with Crippen LogP contribution in [0.15, 0.2) is 47.5 Å². The van der Waals surface area contributed by atoms with Crippen LogP contribution < -0.4 is 20.7 Å². The van der Waals surface area contributed by atoms with Crippen molar-refractivity contribution in [2.75, 3.05) is 38.6 Å². The fraction of sp³-hybridized carbons (Fsp3) is 0.562. The monoisotopic (exact) mass is 549 g/mol. The van der Waals surface area contributed by atoms with Gasteiger partial charge >= 0.3 is 0 Å². The van der Waals surface area contributed by atoms with Crippen molar-refractivity contribution in [1.82, 2.24) is 15.5 Å². The maximum Gasteiger partial charge on any atom is 0.251 e. The number of fused-ring (bicyclic) bond motifs is 2. The number of hydrogen-bond donors (Lipinski definition) is 3. The fourth-order valence-corrected chi connectivity index (χ4v) is 6.87. The van der Waals surface area contributed by atoms with Crippen LogP contribution in [-0.2, 0) is 6.42 Å². The number of hydrogen-bond acceptors (Lipinski definition) is 4. The van der Waals surface area contributed by atoms with Crippen LogP contribution in [0.5, 0.6) is 5.75 Å². The van der Waals surface area contributed by atoms with E-state index in [0.29, 0.717) is 53.3 Å². The van der Waals surface area contributed by atoms with Crippen LogP contribution in [0.25, 0.3) is 0 Å². The molecule has 1 aliphatic heterocycles. The van der Waals surface area contributed by atoms with E-state index in [1.54, 1.807) is 12.1 Å². The number of ether oxygens (including phenoxy) is 1. The molecule has 6 rings (SSSR count). The number of halogens is 1. The quantitative estimate of drug-likeness (QED) is 0.337. The van der Waals surface area contributed by atoms with Gasteiger partial charge in [-0.1, -0.05) is 26.8 Å². The van der Waals surface area contributed by atoms with E-state index >= 15 is 0 Å². The Morgan fingerprint density at radius 2 is 1.95 bits per heavy atom. The average Bonchev–Trinajstić information content (AvgIpc) is 2.94. The maximum absolute atomic E-state index is 14.2. The van der Waals surface area contributed by atoms with Crippen LogP contribution in [-0.4, -0.2) is 62.1 Å². The first-order valence-electron chi connectivity index (χ1n) is 14.7. The van der Waals surface area contributed by atoms with Gasteiger partial charge in [0.15, 0.2) is 5.96 Å². The topological polar surface area (TPSA) is 78.0 Å². The molecule has 1 amide bonds. The Morgan fingerprint density at radius 1 is 1.18 bits per heavy atom. The summed E-state index contributed by atoms with van der Waals surface area (Å²) >= 11 is 0. The number of nitrogens with zero attached hydrogens (tertiary/aromatic N) is 2. The SMILES string of the molecule is COc1ccc(CCNC(=O)c2ccc(NC(=NC3C[C@H]4CC([C@@H]3C)C4(C)C)N3CCN[C@@H](C)C3)cc2)c(F)c1. The molecule has 2 unspecified atom stereocenters. The second kappa shape index (κ2) is 11.8. The molecule has 216 valence electrons. The molecule has 2 bridgehead atoms. The van der Waals surface area contributed by atoms with E-state index in [1.165, 1.54) is 19.6 Å². The van der Waals surface area contributed by atoms with Crippen molar-refractivity contribution in [2.45, 2.75) is 59.0 Å². The van der Waals surface area contributed by atoms with E-state index in [1.807, 2.05) is 24.3 Å². The predicted octanol–water partition coefficient (Wildman–Crippen LogP) is 4.94. The Balaban J connectivity index is 1.22. The first-order chi connectivity index (χ1) is 19.2. The molecule has 3 saturated carbocycles. The Labute approximate surface area is 238 Å². The van der Waals surface area contributed by atoms with Crippen LogP contribution >= 0.6 is 0 Å². The van der Waals surface area contributed by atoms with E-state index in [0.717, 1.165) is 49.5 Å². The van der Waals surface area contributed by atoms with Crippen LogP contribution in [0.1, 0.15) is 56.5 Å². The highest BCUT2D eigenvalue weighted by Gasteiger charge is 2.56. The van der Waals surface area contributed by atoms with Gasteiger partial charge in [-0.15, -0.1) is 0 Å². The summed E-state index contributed by atoms with van der Waals surface area (Å²) < 4.78 is 19.2. The molecule has 1 saturated heterocycles. The molecule has 0 radical (unpaired) electrons. The van der Waals surface area contributed by atoms with Gasteiger partial charge in [-0.2, -0.15) is 0 Å². The van der Waals surface area contributed by atoms with Crippen molar-refractivity contribution in [3.63, 3.8) is 0 Å². The fourth-order valence-electron chi connectivity index (χ4n) is 6.87. The summed E-state index contributed by atoms with van der Waals surface area (Å²) in [5.74, 6) is 2.96. The van der Waals surface area contributed by atoms with Gasteiger partial charge in [-0.05, 0) is 85.3 Å². The number of carbonyl (C=O) groups is 1. The second-order valence-electron chi connectivity index (χ2n) is 12.4. The van der Waals surface area contributed by atoms with E-state index in [2.05, 4.69) is 48.5 Å². The first kappa shape index (κ1) is 28.4. The third-order valence-electron chi connectivity index (χ3n) is 9.61. The lowest BCUT2D eigenvalue weighted by Gasteiger charge is -2.61. The Hall–Kier alpha value is -3.13. The molecule has 1 heterocycles. The minimum Gasteiger partial charge on any atom is -0.497 e. The number of aliphatic imine (C=N–C) groups is 1. The van der Waals surface area contributed by atoms with Crippen molar-refractivity contribution in [1.29, 1.82) is 0 Å². The van der Waals surface area contributed by atoms with E-state index in [4.69, 9.17) is 9.73 Å². The van der Waals surface area contributed by atoms with Crippen LogP contribution in [0.2, 0.25) is 0 Å². The molecular weight excluding hydrogens is 505 g/mol. The van der Waals surface area contributed by atoms with Crippen molar-refractivity contribution in [3.05, 3.63) is 59.4 Å². The standard InChI is InChI=1S/C32H44FN5O2/c1-20-19-38(15-14-34-20)31(37-29-17-24-16-27(21(29)2)32(24,3)4)36-25-9-6-23(7-10-25)30(39)35-13-12-22-8-11-26(40-5)18-28(22)33/h6-11,18,20-21,24,27,29,34H,12-17,19H2,1-5H3,(H,35,39)(H,36,37)/t20-,21-,24+,27?,29?/m0/s1. The Morgan fingerprint density at radius 3 is 2.60 bits per heavy atom. The minimum atomic E-state index is -0.330. The third kappa shape index (κ3) is 5.97. The summed E-state index contributed by atoms with van der Waals surface area (Å²) in [5.41, 5.74) is 2.46. The molecule has 4 aliphatic rings. The zero-order valence-electron chi connectivity index (χ0n) is 24.5. The van der Waals surface area contributed by atoms with E-state index in [9.17, 15) is 9.18 Å². The normalized spacial score (nSPS) is 27.5. The lowest BCUT2D eigenvalue weighted by Crippen LogP contribution is -2.57. The number of benzene rings is 2. The summed E-state index contributed by atoms with van der Waals surface area (Å²) in [6.07, 6.45) is 2.89. The Bertz CT molecular complexity index is 1230. The van der Waals surface area contributed by atoms with Crippen molar-refractivity contribution >= 4 is 17.6 Å². The van der Waals surface area contributed by atoms with Gasteiger partial charge in [0.05, 0.1) is 13.2 Å². The molecule has 2 aromatic rings. The molecule has 8 heteroatoms. The van der Waals surface area contributed by atoms with Gasteiger partial charge in [0, 0.05) is 49.5 Å². The predicted molar refractivity (Wildman–Crippen MR) is 158 cm³/mol. The average molecular weight is 550 g/mol. The summed E-state index contributed by atoms with van der Waals surface area (Å²) in [5, 5.41) is 10.0. The van der Waals surface area contributed by atoms with Gasteiger partial charge in [-0.3, -0.25) is 4.79 Å². The molecule has 0 spiro atoms.